The average molecular weight is 313 g/mol. The van der Waals surface area contributed by atoms with E-state index in [1.165, 1.54) is 0 Å². The molecule has 0 spiro atoms. The van der Waals surface area contributed by atoms with Crippen LogP contribution in [0.25, 0.3) is 0 Å². The zero-order valence-corrected chi connectivity index (χ0v) is 11.9. The molecule has 0 bridgehead atoms. The lowest BCUT2D eigenvalue weighted by atomic mass is 9.97. The van der Waals surface area contributed by atoms with E-state index in [-0.39, 0.29) is 6.10 Å². The molecule has 5 heteroatoms. The highest BCUT2D eigenvalue weighted by molar-refractivity contribution is 9.10. The van der Waals surface area contributed by atoms with E-state index in [9.17, 15) is 4.79 Å². The lowest BCUT2D eigenvalue weighted by molar-refractivity contribution is 0.0965. The van der Waals surface area contributed by atoms with Crippen LogP contribution in [-0.4, -0.2) is 25.1 Å². The van der Waals surface area contributed by atoms with Crippen LogP contribution in [0.15, 0.2) is 22.7 Å². The van der Waals surface area contributed by atoms with Gasteiger partial charge < -0.3 is 15.8 Å². The highest BCUT2D eigenvalue weighted by Gasteiger charge is 2.24. The van der Waals surface area contributed by atoms with E-state index in [0.717, 1.165) is 24.0 Å². The minimum Gasteiger partial charge on any atom is -0.488 e. The molecule has 18 heavy (non-hydrogen) atoms. The maximum Gasteiger partial charge on any atom is 0.252 e. The first-order valence-corrected chi connectivity index (χ1v) is 6.84. The molecule has 1 heterocycles. The number of primary amides is 1. The van der Waals surface area contributed by atoms with E-state index in [1.807, 2.05) is 6.07 Å². The van der Waals surface area contributed by atoms with Crippen LogP contribution in [0.5, 0.6) is 5.75 Å². The van der Waals surface area contributed by atoms with Gasteiger partial charge in [-0.3, -0.25) is 4.79 Å². The predicted octanol–water partition coefficient (Wildman–Crippen LogP) is 1.92. The molecule has 2 unspecified atom stereocenters. The van der Waals surface area contributed by atoms with Crippen LogP contribution in [0, 0.1) is 5.92 Å². The Morgan fingerprint density at radius 3 is 3.00 bits per heavy atom. The van der Waals surface area contributed by atoms with Crippen molar-refractivity contribution < 1.29 is 9.53 Å². The zero-order chi connectivity index (χ0) is 13.1. The summed E-state index contributed by atoms with van der Waals surface area (Å²) in [6.07, 6.45) is 1.16. The summed E-state index contributed by atoms with van der Waals surface area (Å²) >= 11 is 3.33. The fraction of sp³-hybridized carbons (Fsp3) is 0.462. The third-order valence-corrected chi connectivity index (χ3v) is 3.74. The number of rotatable bonds is 3. The number of carbonyl (C=O) groups excluding carboxylic acids is 1. The molecular weight excluding hydrogens is 296 g/mol. The summed E-state index contributed by atoms with van der Waals surface area (Å²) in [5.41, 5.74) is 5.79. The molecule has 1 aliphatic rings. The lowest BCUT2D eigenvalue weighted by Crippen LogP contribution is -2.43. The summed E-state index contributed by atoms with van der Waals surface area (Å²) < 4.78 is 6.75. The van der Waals surface area contributed by atoms with Gasteiger partial charge in [-0.2, -0.15) is 0 Å². The topological polar surface area (TPSA) is 64.3 Å². The molecule has 98 valence electrons. The van der Waals surface area contributed by atoms with Crippen molar-refractivity contribution >= 4 is 21.8 Å². The molecule has 1 aromatic rings. The van der Waals surface area contributed by atoms with Gasteiger partial charge in [0.15, 0.2) is 0 Å². The Labute approximate surface area is 115 Å². The van der Waals surface area contributed by atoms with E-state index in [4.69, 9.17) is 10.5 Å². The highest BCUT2D eigenvalue weighted by atomic mass is 79.9. The van der Waals surface area contributed by atoms with E-state index in [2.05, 4.69) is 28.2 Å². The third-order valence-electron chi connectivity index (χ3n) is 3.24. The maximum absolute atomic E-state index is 11.4. The van der Waals surface area contributed by atoms with E-state index in [1.54, 1.807) is 12.1 Å². The second-order valence-electron chi connectivity index (χ2n) is 4.63. The molecule has 2 atom stereocenters. The zero-order valence-electron chi connectivity index (χ0n) is 10.3. The van der Waals surface area contributed by atoms with Crippen molar-refractivity contribution in [2.75, 3.05) is 13.1 Å². The molecule has 0 aromatic heterocycles. The number of hydrogen-bond acceptors (Lipinski definition) is 3. The van der Waals surface area contributed by atoms with Crippen molar-refractivity contribution in [2.24, 2.45) is 11.7 Å². The van der Waals surface area contributed by atoms with Gasteiger partial charge in [-0.25, -0.2) is 0 Å². The molecule has 1 saturated heterocycles. The predicted molar refractivity (Wildman–Crippen MR) is 73.7 cm³/mol. The van der Waals surface area contributed by atoms with E-state index < -0.39 is 5.91 Å². The monoisotopic (exact) mass is 312 g/mol. The Morgan fingerprint density at radius 2 is 2.33 bits per heavy atom. The van der Waals surface area contributed by atoms with Crippen LogP contribution < -0.4 is 15.8 Å². The Balaban J connectivity index is 2.20. The fourth-order valence-electron chi connectivity index (χ4n) is 2.08. The summed E-state index contributed by atoms with van der Waals surface area (Å²) in [5, 5.41) is 3.30. The van der Waals surface area contributed by atoms with Gasteiger partial charge in [0.25, 0.3) is 5.91 Å². The largest absolute Gasteiger partial charge is 0.488 e. The summed E-state index contributed by atoms with van der Waals surface area (Å²) in [7, 11) is 0. The van der Waals surface area contributed by atoms with Crippen LogP contribution in [0.1, 0.15) is 23.7 Å². The molecular formula is C13H17BrN2O2. The normalized spacial score (nSPS) is 23.7. The maximum atomic E-state index is 11.4. The Kier molecular flexibility index (Phi) is 4.24. The summed E-state index contributed by atoms with van der Waals surface area (Å²) in [6.45, 7) is 3.98. The van der Waals surface area contributed by atoms with Gasteiger partial charge in [-0.15, -0.1) is 0 Å². The van der Waals surface area contributed by atoms with Gasteiger partial charge in [-0.1, -0.05) is 22.9 Å². The Morgan fingerprint density at radius 1 is 1.56 bits per heavy atom. The first-order valence-electron chi connectivity index (χ1n) is 6.04. The standard InChI is InChI=1S/C13H17BrN2O2/c1-8-4-5-16-7-12(8)18-11-3-2-9(14)6-10(11)13(15)17/h2-3,6,8,12,16H,4-5,7H2,1H3,(H2,15,17). The summed E-state index contributed by atoms with van der Waals surface area (Å²) in [6, 6.07) is 5.33. The van der Waals surface area contributed by atoms with E-state index >= 15 is 0 Å². The molecule has 1 amide bonds. The van der Waals surface area contributed by atoms with Gasteiger partial charge in [0, 0.05) is 11.0 Å². The number of benzene rings is 1. The Hall–Kier alpha value is -1.07. The third kappa shape index (κ3) is 3.03. The first kappa shape index (κ1) is 13.4. The fourth-order valence-corrected chi connectivity index (χ4v) is 2.44. The van der Waals surface area contributed by atoms with Crippen molar-refractivity contribution in [2.45, 2.75) is 19.4 Å². The second kappa shape index (κ2) is 5.71. The molecule has 2 rings (SSSR count). The van der Waals surface area contributed by atoms with Crippen LogP contribution in [0.4, 0.5) is 0 Å². The van der Waals surface area contributed by atoms with E-state index in [0.29, 0.717) is 17.2 Å². The number of piperidine rings is 1. The molecule has 1 aliphatic heterocycles. The number of carbonyl (C=O) groups is 1. The van der Waals surface area contributed by atoms with Crippen molar-refractivity contribution in [1.82, 2.24) is 5.32 Å². The number of halogens is 1. The van der Waals surface area contributed by atoms with Crippen molar-refractivity contribution in [1.29, 1.82) is 0 Å². The number of hydrogen-bond donors (Lipinski definition) is 2. The van der Waals surface area contributed by atoms with Crippen molar-refractivity contribution in [3.8, 4) is 5.75 Å². The molecule has 4 nitrogen and oxygen atoms in total. The number of nitrogens with one attached hydrogen (secondary N) is 1. The molecule has 0 radical (unpaired) electrons. The lowest BCUT2D eigenvalue weighted by Gasteiger charge is -2.30. The van der Waals surface area contributed by atoms with Gasteiger partial charge in [0.2, 0.25) is 0 Å². The van der Waals surface area contributed by atoms with Gasteiger partial charge in [0.05, 0.1) is 5.56 Å². The molecule has 0 aliphatic carbocycles. The minimum atomic E-state index is -0.470. The van der Waals surface area contributed by atoms with Crippen LogP contribution >= 0.6 is 15.9 Å². The van der Waals surface area contributed by atoms with Crippen LogP contribution in [0.2, 0.25) is 0 Å². The smallest absolute Gasteiger partial charge is 0.252 e. The quantitative estimate of drug-likeness (QED) is 0.896. The summed E-state index contributed by atoms with van der Waals surface area (Å²) in [4.78, 5) is 11.4. The van der Waals surface area contributed by atoms with Gasteiger partial charge >= 0.3 is 0 Å². The molecule has 1 fully saturated rings. The van der Waals surface area contributed by atoms with Crippen molar-refractivity contribution in [3.63, 3.8) is 0 Å². The van der Waals surface area contributed by atoms with Crippen LogP contribution in [0.3, 0.4) is 0 Å². The van der Waals surface area contributed by atoms with Gasteiger partial charge in [0.1, 0.15) is 11.9 Å². The number of nitrogens with two attached hydrogens (primary N) is 1. The van der Waals surface area contributed by atoms with Crippen molar-refractivity contribution in [3.05, 3.63) is 28.2 Å². The summed E-state index contributed by atoms with van der Waals surface area (Å²) in [5.74, 6) is 0.560. The highest BCUT2D eigenvalue weighted by Crippen LogP contribution is 2.26. The average Bonchev–Trinajstić information content (AvgIpc) is 2.34. The molecule has 1 aromatic carbocycles. The number of ether oxygens (including phenoxy) is 1. The first-order chi connectivity index (χ1) is 8.58. The minimum absolute atomic E-state index is 0.0815. The van der Waals surface area contributed by atoms with Gasteiger partial charge in [-0.05, 0) is 37.1 Å². The number of amides is 1. The second-order valence-corrected chi connectivity index (χ2v) is 5.55. The molecule has 3 N–H and O–H groups in total. The van der Waals surface area contributed by atoms with Crippen LogP contribution in [-0.2, 0) is 0 Å². The SMILES string of the molecule is CC1CCNCC1Oc1ccc(Br)cc1C(N)=O. The molecule has 0 saturated carbocycles. The Bertz CT molecular complexity index is 451.